The minimum Gasteiger partial charge on any atom is -0.349 e. The van der Waals surface area contributed by atoms with Crippen LogP contribution in [-0.4, -0.2) is 24.0 Å². The molecule has 1 saturated carbocycles. The van der Waals surface area contributed by atoms with Gasteiger partial charge in [-0.15, -0.1) is 0 Å². The molecule has 3 heteroatoms. The van der Waals surface area contributed by atoms with Crippen molar-refractivity contribution in [2.45, 2.75) is 50.6 Å². The molecule has 1 aromatic rings. The van der Waals surface area contributed by atoms with Crippen molar-refractivity contribution in [3.63, 3.8) is 0 Å². The molecule has 1 aliphatic carbocycles. The Bertz CT molecular complexity index is 479. The molecule has 3 rings (SSSR count). The van der Waals surface area contributed by atoms with E-state index < -0.39 is 0 Å². The minimum atomic E-state index is 0.0828. The number of hydrogen-bond donors (Lipinski definition) is 2. The molecule has 1 heterocycles. The summed E-state index contributed by atoms with van der Waals surface area (Å²) in [4.78, 5) is 12.3. The number of carbonyl (C=O) groups excluding carboxylic acids is 1. The zero-order valence-corrected chi connectivity index (χ0v) is 11.5. The van der Waals surface area contributed by atoms with Crippen LogP contribution in [0.3, 0.4) is 0 Å². The Hall–Kier alpha value is -1.35. The predicted molar refractivity (Wildman–Crippen MR) is 76.3 cm³/mol. The quantitative estimate of drug-likeness (QED) is 0.855. The Morgan fingerprint density at radius 2 is 2.16 bits per heavy atom. The molecule has 2 aliphatic rings. The number of aryl methyl sites for hydroxylation is 1. The molecule has 3 nitrogen and oxygen atoms in total. The second-order valence-corrected chi connectivity index (χ2v) is 6.04. The van der Waals surface area contributed by atoms with Crippen LogP contribution in [0.1, 0.15) is 48.0 Å². The van der Waals surface area contributed by atoms with Gasteiger partial charge in [-0.05, 0) is 57.2 Å². The summed E-state index contributed by atoms with van der Waals surface area (Å²) in [6.07, 6.45) is 5.99. The summed E-state index contributed by atoms with van der Waals surface area (Å²) >= 11 is 0. The van der Waals surface area contributed by atoms with Gasteiger partial charge in [-0.1, -0.05) is 18.2 Å². The largest absolute Gasteiger partial charge is 0.349 e. The van der Waals surface area contributed by atoms with Crippen molar-refractivity contribution in [3.05, 3.63) is 35.4 Å². The first-order valence-corrected chi connectivity index (χ1v) is 7.30. The highest BCUT2D eigenvalue weighted by atomic mass is 16.1. The Balaban J connectivity index is 1.65. The van der Waals surface area contributed by atoms with Gasteiger partial charge in [0.2, 0.25) is 0 Å². The second-order valence-electron chi connectivity index (χ2n) is 6.04. The highest BCUT2D eigenvalue weighted by Gasteiger charge is 2.41. The van der Waals surface area contributed by atoms with Gasteiger partial charge in [-0.2, -0.15) is 0 Å². The van der Waals surface area contributed by atoms with Crippen LogP contribution in [0.4, 0.5) is 0 Å². The molecule has 1 aliphatic heterocycles. The number of amides is 1. The maximum absolute atomic E-state index is 12.3. The number of carbonyl (C=O) groups is 1. The molecule has 0 bridgehead atoms. The van der Waals surface area contributed by atoms with Crippen molar-refractivity contribution < 1.29 is 4.79 Å². The van der Waals surface area contributed by atoms with Gasteiger partial charge in [0.15, 0.2) is 0 Å². The molecule has 1 aromatic carbocycles. The lowest BCUT2D eigenvalue weighted by Crippen LogP contribution is -2.59. The van der Waals surface area contributed by atoms with E-state index in [1.807, 2.05) is 31.2 Å². The molecule has 19 heavy (non-hydrogen) atoms. The van der Waals surface area contributed by atoms with Gasteiger partial charge < -0.3 is 10.6 Å². The second kappa shape index (κ2) is 4.97. The van der Waals surface area contributed by atoms with Crippen LogP contribution < -0.4 is 10.6 Å². The van der Waals surface area contributed by atoms with E-state index in [9.17, 15) is 4.79 Å². The molecule has 102 valence electrons. The van der Waals surface area contributed by atoms with E-state index >= 15 is 0 Å². The molecule has 1 spiro atoms. The molecule has 0 aromatic heterocycles. The lowest BCUT2D eigenvalue weighted by atomic mass is 9.70. The summed E-state index contributed by atoms with van der Waals surface area (Å²) < 4.78 is 0. The van der Waals surface area contributed by atoms with E-state index in [1.165, 1.54) is 19.3 Å². The molecule has 1 amide bonds. The van der Waals surface area contributed by atoms with Gasteiger partial charge >= 0.3 is 0 Å². The van der Waals surface area contributed by atoms with Crippen molar-refractivity contribution in [2.24, 2.45) is 0 Å². The molecular formula is C16H22N2O. The maximum Gasteiger partial charge on any atom is 0.251 e. The van der Waals surface area contributed by atoms with Crippen LogP contribution in [0.25, 0.3) is 0 Å². The molecular weight excluding hydrogens is 236 g/mol. The number of hydrogen-bond acceptors (Lipinski definition) is 2. The highest BCUT2D eigenvalue weighted by molar-refractivity contribution is 5.95. The summed E-state index contributed by atoms with van der Waals surface area (Å²) in [5.74, 6) is 0.0828. The zero-order chi connectivity index (χ0) is 13.3. The van der Waals surface area contributed by atoms with E-state index in [0.29, 0.717) is 11.6 Å². The van der Waals surface area contributed by atoms with Crippen LogP contribution in [0.2, 0.25) is 0 Å². The van der Waals surface area contributed by atoms with Crippen molar-refractivity contribution >= 4 is 5.91 Å². The number of piperidine rings is 1. The van der Waals surface area contributed by atoms with E-state index in [1.54, 1.807) is 0 Å². The molecule has 1 atom stereocenters. The number of nitrogens with one attached hydrogen (secondary N) is 2. The molecule has 1 saturated heterocycles. The smallest absolute Gasteiger partial charge is 0.251 e. The predicted octanol–water partition coefficient (Wildman–Crippen LogP) is 2.40. The number of benzene rings is 1. The average molecular weight is 258 g/mol. The van der Waals surface area contributed by atoms with E-state index in [2.05, 4.69) is 10.6 Å². The Kier molecular flexibility index (Phi) is 3.31. The summed E-state index contributed by atoms with van der Waals surface area (Å²) in [5.41, 5.74) is 2.19. The Morgan fingerprint density at radius 3 is 2.84 bits per heavy atom. The van der Waals surface area contributed by atoms with E-state index in [-0.39, 0.29) is 5.91 Å². The van der Waals surface area contributed by atoms with Gasteiger partial charge in [-0.3, -0.25) is 4.79 Å². The highest BCUT2D eigenvalue weighted by Crippen LogP contribution is 2.38. The minimum absolute atomic E-state index is 0.0828. The third-order valence-corrected chi connectivity index (χ3v) is 4.67. The standard InChI is InChI=1S/C16H22N2O/c1-12-5-2-3-6-14(12)15(19)18-13-7-10-17-16(11-13)8-4-9-16/h2-3,5-6,13,17H,4,7-11H2,1H3,(H,18,19). The third kappa shape index (κ3) is 2.52. The Labute approximate surface area is 114 Å². The van der Waals surface area contributed by atoms with E-state index in [0.717, 1.165) is 30.5 Å². The van der Waals surface area contributed by atoms with Gasteiger partial charge in [0.25, 0.3) is 5.91 Å². The van der Waals surface area contributed by atoms with Crippen molar-refractivity contribution in [1.82, 2.24) is 10.6 Å². The molecule has 1 unspecified atom stereocenters. The fraction of sp³-hybridized carbons (Fsp3) is 0.562. The summed E-state index contributed by atoms with van der Waals surface area (Å²) in [7, 11) is 0. The monoisotopic (exact) mass is 258 g/mol. The van der Waals surface area contributed by atoms with Gasteiger partial charge in [-0.25, -0.2) is 0 Å². The van der Waals surface area contributed by atoms with Crippen LogP contribution in [0, 0.1) is 6.92 Å². The first-order chi connectivity index (χ1) is 9.19. The van der Waals surface area contributed by atoms with Crippen molar-refractivity contribution in [3.8, 4) is 0 Å². The first kappa shape index (κ1) is 12.7. The van der Waals surface area contributed by atoms with E-state index in [4.69, 9.17) is 0 Å². The normalized spacial score (nSPS) is 24.8. The van der Waals surface area contributed by atoms with Crippen LogP contribution in [0.5, 0.6) is 0 Å². The summed E-state index contributed by atoms with van der Waals surface area (Å²) in [6, 6.07) is 8.13. The lowest BCUT2D eigenvalue weighted by Gasteiger charge is -2.48. The van der Waals surface area contributed by atoms with Gasteiger partial charge in [0.05, 0.1) is 0 Å². The van der Waals surface area contributed by atoms with Crippen LogP contribution >= 0.6 is 0 Å². The molecule has 0 radical (unpaired) electrons. The third-order valence-electron chi connectivity index (χ3n) is 4.67. The fourth-order valence-corrected chi connectivity index (χ4v) is 3.36. The fourth-order valence-electron chi connectivity index (χ4n) is 3.36. The summed E-state index contributed by atoms with van der Waals surface area (Å²) in [6.45, 7) is 3.02. The molecule has 2 fully saturated rings. The van der Waals surface area contributed by atoms with Gasteiger partial charge in [0, 0.05) is 17.1 Å². The summed E-state index contributed by atoms with van der Waals surface area (Å²) in [5, 5.41) is 6.86. The SMILES string of the molecule is Cc1ccccc1C(=O)NC1CCNC2(CCC2)C1. The maximum atomic E-state index is 12.3. The van der Waals surface area contributed by atoms with Crippen LogP contribution in [0.15, 0.2) is 24.3 Å². The van der Waals surface area contributed by atoms with Crippen LogP contribution in [-0.2, 0) is 0 Å². The molecule has 2 N–H and O–H groups in total. The average Bonchev–Trinajstić information content (AvgIpc) is 2.37. The topological polar surface area (TPSA) is 41.1 Å². The van der Waals surface area contributed by atoms with Crippen molar-refractivity contribution in [2.75, 3.05) is 6.54 Å². The zero-order valence-electron chi connectivity index (χ0n) is 11.5. The first-order valence-electron chi connectivity index (χ1n) is 7.30. The number of rotatable bonds is 2. The van der Waals surface area contributed by atoms with Crippen molar-refractivity contribution in [1.29, 1.82) is 0 Å². The van der Waals surface area contributed by atoms with Gasteiger partial charge in [0.1, 0.15) is 0 Å². The Morgan fingerprint density at radius 1 is 1.37 bits per heavy atom. The lowest BCUT2D eigenvalue weighted by molar-refractivity contribution is 0.0852.